The van der Waals surface area contributed by atoms with Crippen LogP contribution in [0.15, 0.2) is 24.3 Å². The molecule has 8 nitrogen and oxygen atoms in total. The molecule has 0 unspecified atom stereocenters. The van der Waals surface area contributed by atoms with Crippen LogP contribution in [-0.4, -0.2) is 39.4 Å². The van der Waals surface area contributed by atoms with Crippen molar-refractivity contribution in [1.82, 2.24) is 20.2 Å². The van der Waals surface area contributed by atoms with Crippen molar-refractivity contribution in [1.29, 1.82) is 0 Å². The van der Waals surface area contributed by atoms with Crippen LogP contribution in [0, 0.1) is 0 Å². The van der Waals surface area contributed by atoms with E-state index in [1.165, 1.54) is 0 Å². The summed E-state index contributed by atoms with van der Waals surface area (Å²) in [6.45, 7) is 4.90. The van der Waals surface area contributed by atoms with Crippen LogP contribution in [0.4, 0.5) is 0 Å². The summed E-state index contributed by atoms with van der Waals surface area (Å²) in [5, 5.41) is 11.2. The van der Waals surface area contributed by atoms with E-state index >= 15 is 0 Å². The smallest absolute Gasteiger partial charge is 0.344 e. The van der Waals surface area contributed by atoms with Gasteiger partial charge in [-0.05, 0) is 35.9 Å². The highest BCUT2D eigenvalue weighted by Crippen LogP contribution is 2.26. The van der Waals surface area contributed by atoms with Gasteiger partial charge in [0.15, 0.2) is 30.5 Å². The second-order valence-corrected chi connectivity index (χ2v) is 4.65. The predicted molar refractivity (Wildman–Crippen MR) is 81.0 cm³/mol. The van der Waals surface area contributed by atoms with E-state index in [1.807, 2.05) is 26.0 Å². The maximum atomic E-state index is 11.8. The van der Waals surface area contributed by atoms with Crippen LogP contribution in [0.5, 0.6) is 11.5 Å². The lowest BCUT2D eigenvalue weighted by atomic mass is 10.3. The van der Waals surface area contributed by atoms with Crippen molar-refractivity contribution >= 4 is 5.97 Å². The lowest BCUT2D eigenvalue weighted by molar-refractivity contribution is -0.147. The first kappa shape index (κ1) is 16.7. The highest BCUT2D eigenvalue weighted by atomic mass is 16.6. The van der Waals surface area contributed by atoms with Crippen LogP contribution in [0.25, 0.3) is 0 Å². The number of hydrogen-bond donors (Lipinski definition) is 0. The zero-order chi connectivity index (χ0) is 16.5. The zero-order valence-electron chi connectivity index (χ0n) is 13.3. The van der Waals surface area contributed by atoms with Gasteiger partial charge in [-0.3, -0.25) is 0 Å². The second-order valence-electron chi connectivity index (χ2n) is 4.65. The lowest BCUT2D eigenvalue weighted by Gasteiger charge is -2.11. The van der Waals surface area contributed by atoms with E-state index in [4.69, 9.17) is 14.2 Å². The van der Waals surface area contributed by atoms with Gasteiger partial charge in [-0.25, -0.2) is 9.48 Å². The predicted octanol–water partition coefficient (Wildman–Crippen LogP) is 1.60. The fourth-order valence-corrected chi connectivity index (χ4v) is 1.88. The van der Waals surface area contributed by atoms with E-state index < -0.39 is 5.97 Å². The molecule has 124 valence electrons. The Bertz CT molecular complexity index is 629. The van der Waals surface area contributed by atoms with Crippen molar-refractivity contribution in [2.75, 3.05) is 13.2 Å². The molecule has 1 aromatic heterocycles. The highest BCUT2D eigenvalue weighted by molar-refractivity contribution is 5.71. The number of tetrazole rings is 1. The number of rotatable bonds is 9. The molecular weight excluding hydrogens is 300 g/mol. The molecule has 0 aliphatic rings. The Kier molecular flexibility index (Phi) is 6.34. The van der Waals surface area contributed by atoms with Gasteiger partial charge in [0.1, 0.15) is 0 Å². The average Bonchev–Trinajstić information content (AvgIpc) is 3.00. The first-order chi connectivity index (χ1) is 11.2. The fourth-order valence-electron chi connectivity index (χ4n) is 1.88. The molecule has 0 bridgehead atoms. The Labute approximate surface area is 134 Å². The lowest BCUT2D eigenvalue weighted by Crippen LogP contribution is -2.17. The van der Waals surface area contributed by atoms with Crippen molar-refractivity contribution in [3.05, 3.63) is 30.1 Å². The minimum Gasteiger partial charge on any atom is -0.490 e. The van der Waals surface area contributed by atoms with Crippen molar-refractivity contribution in [3.8, 4) is 11.5 Å². The van der Waals surface area contributed by atoms with Crippen molar-refractivity contribution < 1.29 is 19.0 Å². The molecule has 0 fully saturated rings. The monoisotopic (exact) mass is 320 g/mol. The average molecular weight is 320 g/mol. The summed E-state index contributed by atoms with van der Waals surface area (Å²) >= 11 is 0. The van der Waals surface area contributed by atoms with E-state index in [2.05, 4.69) is 15.5 Å². The summed E-state index contributed by atoms with van der Waals surface area (Å²) < 4.78 is 17.6. The SMILES string of the molecule is CCCn1nnnc1COC(=O)COc1ccccc1OCC. The molecule has 0 amide bonds. The fraction of sp³-hybridized carbons (Fsp3) is 0.467. The molecule has 0 spiro atoms. The molecule has 0 aliphatic heterocycles. The highest BCUT2D eigenvalue weighted by Gasteiger charge is 2.11. The van der Waals surface area contributed by atoms with Gasteiger partial charge in [-0.2, -0.15) is 0 Å². The quantitative estimate of drug-likeness (QED) is 0.648. The van der Waals surface area contributed by atoms with Crippen molar-refractivity contribution in [2.24, 2.45) is 0 Å². The molecule has 2 rings (SSSR count). The molecule has 23 heavy (non-hydrogen) atoms. The van der Waals surface area contributed by atoms with E-state index in [-0.39, 0.29) is 13.2 Å². The first-order valence-corrected chi connectivity index (χ1v) is 7.49. The molecule has 0 radical (unpaired) electrons. The Hall–Kier alpha value is -2.64. The van der Waals surface area contributed by atoms with Gasteiger partial charge >= 0.3 is 5.97 Å². The van der Waals surface area contributed by atoms with Crippen LogP contribution in [0.1, 0.15) is 26.1 Å². The second kappa shape index (κ2) is 8.72. The van der Waals surface area contributed by atoms with Gasteiger partial charge in [0.2, 0.25) is 0 Å². The summed E-state index contributed by atoms with van der Waals surface area (Å²) in [6, 6.07) is 7.16. The Morgan fingerprint density at radius 3 is 2.61 bits per heavy atom. The number of ether oxygens (including phenoxy) is 3. The molecule has 1 aromatic carbocycles. The Morgan fingerprint density at radius 1 is 1.17 bits per heavy atom. The van der Waals surface area contributed by atoms with Gasteiger partial charge in [0.05, 0.1) is 6.61 Å². The van der Waals surface area contributed by atoms with Crippen LogP contribution < -0.4 is 9.47 Å². The maximum Gasteiger partial charge on any atom is 0.344 e. The number of carbonyl (C=O) groups is 1. The third-order valence-corrected chi connectivity index (χ3v) is 2.90. The number of aromatic nitrogens is 4. The molecule has 0 saturated heterocycles. The van der Waals surface area contributed by atoms with Gasteiger partial charge in [0.25, 0.3) is 0 Å². The number of carbonyl (C=O) groups excluding carboxylic acids is 1. The van der Waals surface area contributed by atoms with Crippen LogP contribution >= 0.6 is 0 Å². The summed E-state index contributed by atoms with van der Waals surface area (Å²) in [5.41, 5.74) is 0. The summed E-state index contributed by atoms with van der Waals surface area (Å²) in [4.78, 5) is 11.8. The normalized spacial score (nSPS) is 10.3. The summed E-state index contributed by atoms with van der Waals surface area (Å²) in [6.07, 6.45) is 0.892. The number of benzene rings is 1. The third kappa shape index (κ3) is 4.94. The molecule has 2 aromatic rings. The first-order valence-electron chi connectivity index (χ1n) is 7.49. The zero-order valence-corrected chi connectivity index (χ0v) is 13.3. The molecule has 0 atom stereocenters. The van der Waals surface area contributed by atoms with Crippen LogP contribution in [0.3, 0.4) is 0 Å². The van der Waals surface area contributed by atoms with E-state index in [0.717, 1.165) is 6.42 Å². The molecule has 8 heteroatoms. The molecule has 0 N–H and O–H groups in total. The van der Waals surface area contributed by atoms with Crippen molar-refractivity contribution in [2.45, 2.75) is 33.4 Å². The van der Waals surface area contributed by atoms with Crippen LogP contribution in [-0.2, 0) is 22.7 Å². The number of nitrogens with zero attached hydrogens (tertiary/aromatic N) is 4. The Morgan fingerprint density at radius 2 is 1.91 bits per heavy atom. The maximum absolute atomic E-state index is 11.8. The van der Waals surface area contributed by atoms with Gasteiger partial charge in [0, 0.05) is 6.54 Å². The van der Waals surface area contributed by atoms with Crippen molar-refractivity contribution in [3.63, 3.8) is 0 Å². The number of para-hydroxylation sites is 2. The summed E-state index contributed by atoms with van der Waals surface area (Å²) in [5.74, 6) is 1.11. The minimum absolute atomic E-state index is 0.0162. The topological polar surface area (TPSA) is 88.4 Å². The van der Waals surface area contributed by atoms with E-state index in [0.29, 0.717) is 30.5 Å². The number of aryl methyl sites for hydroxylation is 1. The molecule has 1 heterocycles. The standard InChI is InChI=1S/C15H20N4O4/c1-3-9-19-14(16-17-18-19)10-23-15(20)11-22-13-8-6-5-7-12(13)21-4-2/h5-8H,3-4,9-11H2,1-2H3. The van der Waals surface area contributed by atoms with Gasteiger partial charge in [-0.1, -0.05) is 19.1 Å². The van der Waals surface area contributed by atoms with Gasteiger partial charge < -0.3 is 14.2 Å². The van der Waals surface area contributed by atoms with E-state index in [1.54, 1.807) is 16.8 Å². The molecule has 0 saturated carbocycles. The third-order valence-electron chi connectivity index (χ3n) is 2.90. The number of hydrogen-bond acceptors (Lipinski definition) is 7. The minimum atomic E-state index is -0.498. The summed E-state index contributed by atoms with van der Waals surface area (Å²) in [7, 11) is 0. The molecule has 0 aliphatic carbocycles. The van der Waals surface area contributed by atoms with Crippen LogP contribution in [0.2, 0.25) is 0 Å². The largest absolute Gasteiger partial charge is 0.490 e. The number of esters is 1. The molecular formula is C15H20N4O4. The van der Waals surface area contributed by atoms with Gasteiger partial charge in [-0.15, -0.1) is 5.10 Å². The van der Waals surface area contributed by atoms with E-state index in [9.17, 15) is 4.79 Å². The Balaban J connectivity index is 1.82.